The molecule has 14 heavy (non-hydrogen) atoms. The van der Waals surface area contributed by atoms with E-state index in [9.17, 15) is 17.6 Å². The lowest BCUT2D eigenvalue weighted by atomic mass is 10.00. The summed E-state index contributed by atoms with van der Waals surface area (Å²) in [6, 6.07) is 0. The Bertz CT molecular complexity index is 208. The molecular formula is C6H8F4O4. The minimum absolute atomic E-state index is 2.31. The lowest BCUT2D eigenvalue weighted by Gasteiger charge is -2.37. The van der Waals surface area contributed by atoms with Gasteiger partial charge in [-0.25, -0.2) is 4.39 Å². The molecule has 0 unspecified atom stereocenters. The molecule has 1 fully saturated rings. The summed E-state index contributed by atoms with van der Waals surface area (Å²) in [7, 11) is 0. The van der Waals surface area contributed by atoms with Crippen LogP contribution in [0.15, 0.2) is 0 Å². The van der Waals surface area contributed by atoms with Gasteiger partial charge in [-0.1, -0.05) is 0 Å². The van der Waals surface area contributed by atoms with Crippen LogP contribution in [-0.2, 0) is 4.74 Å². The minimum Gasteiger partial charge on any atom is -0.387 e. The molecule has 1 rings (SSSR count). The third kappa shape index (κ3) is 1.97. The Kier molecular flexibility index (Phi) is 3.00. The van der Waals surface area contributed by atoms with Gasteiger partial charge in [0.15, 0.2) is 18.6 Å². The topological polar surface area (TPSA) is 69.9 Å². The van der Waals surface area contributed by atoms with Crippen LogP contribution in [0.1, 0.15) is 0 Å². The lowest BCUT2D eigenvalue weighted by molar-refractivity contribution is -0.336. The second kappa shape index (κ2) is 3.61. The quantitative estimate of drug-likeness (QED) is 0.473. The highest BCUT2D eigenvalue weighted by Gasteiger charge is 2.55. The van der Waals surface area contributed by atoms with Crippen molar-refractivity contribution in [2.24, 2.45) is 0 Å². The molecule has 0 radical (unpaired) electrons. The fourth-order valence-electron chi connectivity index (χ4n) is 1.11. The van der Waals surface area contributed by atoms with E-state index >= 15 is 0 Å². The van der Waals surface area contributed by atoms with Crippen LogP contribution >= 0.6 is 0 Å². The molecule has 0 aromatic carbocycles. The molecule has 8 heteroatoms. The molecular weight excluding hydrogens is 212 g/mol. The minimum atomic E-state index is -4.97. The lowest BCUT2D eigenvalue weighted by Crippen LogP contribution is -2.60. The summed E-state index contributed by atoms with van der Waals surface area (Å²) in [5.74, 6) is 0. The van der Waals surface area contributed by atoms with Gasteiger partial charge < -0.3 is 20.1 Å². The molecule has 4 nitrogen and oxygen atoms in total. The van der Waals surface area contributed by atoms with Gasteiger partial charge in [-0.05, 0) is 0 Å². The van der Waals surface area contributed by atoms with Crippen molar-refractivity contribution in [1.82, 2.24) is 0 Å². The number of hydrogen-bond acceptors (Lipinski definition) is 4. The van der Waals surface area contributed by atoms with Gasteiger partial charge in [-0.2, -0.15) is 13.2 Å². The average molecular weight is 220 g/mol. The van der Waals surface area contributed by atoms with Crippen molar-refractivity contribution in [2.75, 3.05) is 0 Å². The number of halogens is 4. The van der Waals surface area contributed by atoms with Crippen molar-refractivity contribution >= 4 is 0 Å². The SMILES string of the molecule is O[C@@H]1[C@H](O)[C@@H](F)[C@@H](O)O[C@@H]1C(F)(F)F. The Morgan fingerprint density at radius 2 is 1.50 bits per heavy atom. The van der Waals surface area contributed by atoms with Crippen LogP contribution in [0, 0.1) is 0 Å². The second-order valence-corrected chi connectivity index (χ2v) is 2.91. The summed E-state index contributed by atoms with van der Waals surface area (Å²) in [5.41, 5.74) is 0. The monoisotopic (exact) mass is 220 g/mol. The zero-order valence-electron chi connectivity index (χ0n) is 6.65. The summed E-state index contributed by atoms with van der Waals surface area (Å²) >= 11 is 0. The van der Waals surface area contributed by atoms with Crippen LogP contribution in [-0.4, -0.2) is 52.3 Å². The van der Waals surface area contributed by atoms with Crippen LogP contribution < -0.4 is 0 Å². The third-order valence-corrected chi connectivity index (χ3v) is 1.87. The fraction of sp³-hybridized carbons (Fsp3) is 1.00. The number of aliphatic hydroxyl groups excluding tert-OH is 3. The van der Waals surface area contributed by atoms with Crippen LogP contribution in [0.25, 0.3) is 0 Å². The molecule has 0 saturated carbocycles. The van der Waals surface area contributed by atoms with Gasteiger partial charge >= 0.3 is 6.18 Å². The third-order valence-electron chi connectivity index (χ3n) is 1.87. The maximum absolute atomic E-state index is 12.6. The normalized spacial score (nSPS) is 45.2. The maximum Gasteiger partial charge on any atom is 0.417 e. The van der Waals surface area contributed by atoms with E-state index in [0.29, 0.717) is 0 Å². The van der Waals surface area contributed by atoms with Gasteiger partial charge in [-0.15, -0.1) is 0 Å². The zero-order valence-corrected chi connectivity index (χ0v) is 6.65. The Morgan fingerprint density at radius 3 is 1.93 bits per heavy atom. The van der Waals surface area contributed by atoms with Crippen LogP contribution in [0.2, 0.25) is 0 Å². The van der Waals surface area contributed by atoms with Crippen molar-refractivity contribution in [3.8, 4) is 0 Å². The van der Waals surface area contributed by atoms with E-state index in [4.69, 9.17) is 15.3 Å². The Hall–Kier alpha value is -0.440. The first-order valence-corrected chi connectivity index (χ1v) is 3.65. The van der Waals surface area contributed by atoms with Crippen molar-refractivity contribution in [1.29, 1.82) is 0 Å². The Labute approximate surface area is 75.7 Å². The van der Waals surface area contributed by atoms with E-state index in [-0.39, 0.29) is 0 Å². The van der Waals surface area contributed by atoms with E-state index in [1.807, 2.05) is 0 Å². The molecule has 0 amide bonds. The van der Waals surface area contributed by atoms with Gasteiger partial charge in [-0.3, -0.25) is 0 Å². The van der Waals surface area contributed by atoms with Crippen molar-refractivity contribution in [2.45, 2.75) is 36.9 Å². The van der Waals surface area contributed by atoms with Crippen LogP contribution in [0.4, 0.5) is 17.6 Å². The number of hydrogen-bond donors (Lipinski definition) is 3. The molecule has 0 bridgehead atoms. The van der Waals surface area contributed by atoms with E-state index in [0.717, 1.165) is 0 Å². The molecule has 0 aromatic rings. The van der Waals surface area contributed by atoms with Gasteiger partial charge in [0.25, 0.3) is 0 Å². The molecule has 84 valence electrons. The predicted molar refractivity (Wildman–Crippen MR) is 33.8 cm³/mol. The number of aliphatic hydroxyl groups is 3. The predicted octanol–water partition coefficient (Wildman–Crippen LogP) is -0.674. The van der Waals surface area contributed by atoms with Crippen LogP contribution in [0.5, 0.6) is 0 Å². The Balaban J connectivity index is 2.81. The second-order valence-electron chi connectivity index (χ2n) is 2.91. The number of ether oxygens (including phenoxy) is 1. The first-order chi connectivity index (χ1) is 6.25. The first kappa shape index (κ1) is 11.6. The van der Waals surface area contributed by atoms with Gasteiger partial charge in [0, 0.05) is 0 Å². The number of rotatable bonds is 0. The fourth-order valence-corrected chi connectivity index (χ4v) is 1.11. The first-order valence-electron chi connectivity index (χ1n) is 3.65. The molecule has 1 aliphatic heterocycles. The van der Waals surface area contributed by atoms with E-state index in [2.05, 4.69) is 4.74 Å². The highest BCUT2D eigenvalue weighted by Crippen LogP contribution is 2.33. The zero-order chi connectivity index (χ0) is 11.1. The summed E-state index contributed by atoms with van der Waals surface area (Å²) < 4.78 is 52.5. The summed E-state index contributed by atoms with van der Waals surface area (Å²) in [5, 5.41) is 26.2. The smallest absolute Gasteiger partial charge is 0.387 e. The van der Waals surface area contributed by atoms with Crippen molar-refractivity contribution in [3.63, 3.8) is 0 Å². The molecule has 0 spiro atoms. The van der Waals surface area contributed by atoms with Crippen LogP contribution in [0.3, 0.4) is 0 Å². The molecule has 0 aliphatic carbocycles. The van der Waals surface area contributed by atoms with Gasteiger partial charge in [0.1, 0.15) is 12.2 Å². The average Bonchev–Trinajstić information content (AvgIpc) is 2.06. The molecule has 5 atom stereocenters. The van der Waals surface area contributed by atoms with Crippen molar-refractivity contribution in [3.05, 3.63) is 0 Å². The summed E-state index contributed by atoms with van der Waals surface area (Å²) in [6.45, 7) is 0. The summed E-state index contributed by atoms with van der Waals surface area (Å²) in [6.07, 6.45) is -17.3. The highest BCUT2D eigenvalue weighted by molar-refractivity contribution is 4.91. The summed E-state index contributed by atoms with van der Waals surface area (Å²) in [4.78, 5) is 0. The molecule has 1 aliphatic rings. The molecule has 3 N–H and O–H groups in total. The standard InChI is InChI=1S/C6H8F4O4/c7-1-2(11)3(12)4(6(8,9)10)14-5(1)13/h1-5,11-13H/t1-,2-,3-,4+,5+/m1/s1. The van der Waals surface area contributed by atoms with Crippen molar-refractivity contribution < 1.29 is 37.6 Å². The maximum atomic E-state index is 12.6. The van der Waals surface area contributed by atoms with E-state index in [1.165, 1.54) is 0 Å². The molecule has 1 heterocycles. The largest absolute Gasteiger partial charge is 0.417 e. The molecule has 0 aromatic heterocycles. The van der Waals surface area contributed by atoms with E-state index < -0.39 is 36.9 Å². The highest BCUT2D eigenvalue weighted by atomic mass is 19.4. The van der Waals surface area contributed by atoms with Gasteiger partial charge in [0.2, 0.25) is 0 Å². The number of alkyl halides is 4. The van der Waals surface area contributed by atoms with E-state index in [1.54, 1.807) is 0 Å². The van der Waals surface area contributed by atoms with Gasteiger partial charge in [0.05, 0.1) is 0 Å². The Morgan fingerprint density at radius 1 is 1.00 bits per heavy atom. The molecule has 1 saturated heterocycles.